The van der Waals surface area contributed by atoms with Crippen LogP contribution in [0.4, 0.5) is 19.1 Å². The minimum Gasteiger partial charge on any atom is -0.390 e. The third-order valence-corrected chi connectivity index (χ3v) is 4.86. The standard InChI is InChI=1S/C21H20F3N7O/c1-13(18(29-12-26)30-20-27-5-2-6-28-20)31(11-14-3-4-14)19(32)16-7-15(10-25)8-17(9-16)21(22,23)24/h2,5-9,12-14H,3-4,11H2,1H3,(H2,26,27,28,29,30). The van der Waals surface area contributed by atoms with Crippen LogP contribution in [0.3, 0.4) is 0 Å². The zero-order valence-electron chi connectivity index (χ0n) is 17.1. The molecule has 1 fully saturated rings. The molecule has 3 rings (SSSR count). The van der Waals surface area contributed by atoms with E-state index in [2.05, 4.69) is 20.0 Å². The highest BCUT2D eigenvalue weighted by molar-refractivity contribution is 6.01. The molecule has 0 spiro atoms. The molecule has 32 heavy (non-hydrogen) atoms. The van der Waals surface area contributed by atoms with Crippen molar-refractivity contribution in [3.8, 4) is 6.07 Å². The number of hydrogen-bond donors (Lipinski definition) is 1. The Labute approximate surface area is 182 Å². The van der Waals surface area contributed by atoms with Crippen LogP contribution in [0.25, 0.3) is 0 Å². The van der Waals surface area contributed by atoms with Crippen molar-refractivity contribution in [2.24, 2.45) is 21.6 Å². The molecule has 0 radical (unpaired) electrons. The molecule has 1 aromatic carbocycles. The van der Waals surface area contributed by atoms with Crippen LogP contribution in [0.1, 0.15) is 41.3 Å². The number of benzene rings is 1. The van der Waals surface area contributed by atoms with Gasteiger partial charge in [0.15, 0.2) is 5.84 Å². The second-order valence-electron chi connectivity index (χ2n) is 7.28. The first-order valence-electron chi connectivity index (χ1n) is 9.76. The molecule has 1 unspecified atom stereocenters. The molecule has 11 heteroatoms. The monoisotopic (exact) mass is 443 g/mol. The van der Waals surface area contributed by atoms with Crippen molar-refractivity contribution in [2.45, 2.75) is 32.0 Å². The molecule has 1 amide bonds. The van der Waals surface area contributed by atoms with Gasteiger partial charge >= 0.3 is 6.18 Å². The van der Waals surface area contributed by atoms with Gasteiger partial charge < -0.3 is 10.6 Å². The molecule has 2 N–H and O–H groups in total. The number of amides is 1. The van der Waals surface area contributed by atoms with Crippen molar-refractivity contribution in [1.82, 2.24) is 14.9 Å². The molecule has 1 aliphatic rings. The van der Waals surface area contributed by atoms with Gasteiger partial charge in [-0.3, -0.25) is 4.79 Å². The van der Waals surface area contributed by atoms with E-state index in [1.54, 1.807) is 19.1 Å². The molecule has 8 nitrogen and oxygen atoms in total. The Hall–Kier alpha value is -3.81. The lowest BCUT2D eigenvalue weighted by molar-refractivity contribution is -0.137. The summed E-state index contributed by atoms with van der Waals surface area (Å²) in [5, 5.41) is 9.15. The average molecular weight is 443 g/mol. The first-order chi connectivity index (χ1) is 15.2. The second-order valence-corrected chi connectivity index (χ2v) is 7.28. The van der Waals surface area contributed by atoms with Gasteiger partial charge in [-0.2, -0.15) is 23.4 Å². The van der Waals surface area contributed by atoms with Crippen LogP contribution in [-0.4, -0.2) is 45.5 Å². The predicted octanol–water partition coefficient (Wildman–Crippen LogP) is 3.32. The van der Waals surface area contributed by atoms with Crippen molar-refractivity contribution < 1.29 is 18.0 Å². The maximum atomic E-state index is 13.3. The first-order valence-corrected chi connectivity index (χ1v) is 9.76. The summed E-state index contributed by atoms with van der Waals surface area (Å²) in [6.07, 6.45) is 1.08. The van der Waals surface area contributed by atoms with Gasteiger partial charge in [-0.25, -0.2) is 15.0 Å². The molecular formula is C21H20F3N7O. The normalized spacial score (nSPS) is 15.4. The van der Waals surface area contributed by atoms with Gasteiger partial charge in [-0.05, 0) is 49.9 Å². The first kappa shape index (κ1) is 22.9. The molecule has 0 aliphatic heterocycles. The number of amidine groups is 1. The molecule has 1 atom stereocenters. The lowest BCUT2D eigenvalue weighted by atomic mass is 10.0. The van der Waals surface area contributed by atoms with Gasteiger partial charge in [0, 0.05) is 24.5 Å². The minimum absolute atomic E-state index is 0.101. The predicted molar refractivity (Wildman–Crippen MR) is 111 cm³/mol. The summed E-state index contributed by atoms with van der Waals surface area (Å²) in [4.78, 5) is 31.0. The van der Waals surface area contributed by atoms with E-state index in [9.17, 15) is 18.0 Å². The Morgan fingerprint density at radius 1 is 1.34 bits per heavy atom. The lowest BCUT2D eigenvalue weighted by Gasteiger charge is -2.29. The van der Waals surface area contributed by atoms with Crippen LogP contribution in [-0.2, 0) is 6.18 Å². The Balaban J connectivity index is 2.01. The number of carbonyl (C=O) groups excluding carboxylic acids is 1. The maximum Gasteiger partial charge on any atom is 0.416 e. The number of alkyl halides is 3. The number of nitrogens with two attached hydrogens (primary N) is 1. The van der Waals surface area contributed by atoms with Crippen molar-refractivity contribution in [3.05, 3.63) is 53.3 Å². The van der Waals surface area contributed by atoms with E-state index in [1.165, 1.54) is 17.3 Å². The molecule has 1 aromatic heterocycles. The van der Waals surface area contributed by atoms with E-state index >= 15 is 0 Å². The Kier molecular flexibility index (Phi) is 6.82. The summed E-state index contributed by atoms with van der Waals surface area (Å²) >= 11 is 0. The quantitative estimate of drug-likeness (QED) is 0.542. The van der Waals surface area contributed by atoms with Gasteiger partial charge in [0.05, 0.1) is 29.6 Å². The molecule has 0 bridgehead atoms. The van der Waals surface area contributed by atoms with E-state index in [1.807, 2.05) is 0 Å². The largest absolute Gasteiger partial charge is 0.416 e. The highest BCUT2D eigenvalue weighted by Crippen LogP contribution is 2.33. The topological polar surface area (TPSA) is 121 Å². The minimum atomic E-state index is -4.70. The Morgan fingerprint density at radius 3 is 2.59 bits per heavy atom. The van der Waals surface area contributed by atoms with Crippen LogP contribution < -0.4 is 5.73 Å². The zero-order chi connectivity index (χ0) is 23.3. The number of hydrogen-bond acceptors (Lipinski definition) is 5. The van der Waals surface area contributed by atoms with E-state index in [4.69, 9.17) is 11.0 Å². The van der Waals surface area contributed by atoms with Crippen molar-refractivity contribution in [2.75, 3.05) is 6.54 Å². The fourth-order valence-corrected chi connectivity index (χ4v) is 3.04. The Bertz CT molecular complexity index is 1070. The van der Waals surface area contributed by atoms with E-state index < -0.39 is 23.7 Å². The fraction of sp³-hybridized carbons (Fsp3) is 0.333. The van der Waals surface area contributed by atoms with Gasteiger partial charge in [0.1, 0.15) is 0 Å². The number of nitriles is 1. The van der Waals surface area contributed by atoms with Gasteiger partial charge in [0.2, 0.25) is 0 Å². The number of rotatable bonds is 6. The highest BCUT2D eigenvalue weighted by Gasteiger charge is 2.35. The Morgan fingerprint density at radius 2 is 2.03 bits per heavy atom. The SMILES string of the molecule is CC(C(N=CN)=Nc1ncccn1)N(CC1CC1)C(=O)c1cc(C#N)cc(C(F)(F)F)c1. The van der Waals surface area contributed by atoms with Crippen molar-refractivity contribution >= 4 is 24.0 Å². The third-order valence-electron chi connectivity index (χ3n) is 4.86. The molecular weight excluding hydrogens is 423 g/mol. The fourth-order valence-electron chi connectivity index (χ4n) is 3.04. The molecule has 1 saturated carbocycles. The number of aliphatic imine (C=N–C) groups is 2. The summed E-state index contributed by atoms with van der Waals surface area (Å²) in [5.74, 6) is -0.218. The lowest BCUT2D eigenvalue weighted by Crippen LogP contribution is -2.44. The van der Waals surface area contributed by atoms with E-state index in [0.717, 1.165) is 31.3 Å². The summed E-state index contributed by atoms with van der Waals surface area (Å²) in [7, 11) is 0. The molecule has 1 heterocycles. The number of halogens is 3. The van der Waals surface area contributed by atoms with Gasteiger partial charge in [-0.15, -0.1) is 0 Å². The molecule has 166 valence electrons. The van der Waals surface area contributed by atoms with Crippen LogP contribution in [0, 0.1) is 17.2 Å². The summed E-state index contributed by atoms with van der Waals surface area (Å²) < 4.78 is 39.9. The summed E-state index contributed by atoms with van der Waals surface area (Å²) in [6.45, 7) is 1.95. The van der Waals surface area contributed by atoms with Gasteiger partial charge in [0.25, 0.3) is 11.9 Å². The average Bonchev–Trinajstić information content (AvgIpc) is 3.60. The van der Waals surface area contributed by atoms with Crippen LogP contribution in [0.2, 0.25) is 0 Å². The smallest absolute Gasteiger partial charge is 0.390 e. The van der Waals surface area contributed by atoms with Crippen LogP contribution in [0.5, 0.6) is 0 Å². The molecule has 0 saturated heterocycles. The van der Waals surface area contributed by atoms with E-state index in [0.29, 0.717) is 12.6 Å². The summed E-state index contributed by atoms with van der Waals surface area (Å²) in [6, 6.07) is 5.15. The van der Waals surface area contributed by atoms with Gasteiger partial charge in [-0.1, -0.05) is 0 Å². The van der Waals surface area contributed by atoms with Crippen LogP contribution in [0.15, 0.2) is 46.6 Å². The third kappa shape index (κ3) is 5.66. The van der Waals surface area contributed by atoms with Crippen molar-refractivity contribution in [1.29, 1.82) is 5.26 Å². The number of nitrogens with zero attached hydrogens (tertiary/aromatic N) is 6. The zero-order valence-corrected chi connectivity index (χ0v) is 17.1. The van der Waals surface area contributed by atoms with E-state index in [-0.39, 0.29) is 28.8 Å². The second kappa shape index (κ2) is 9.55. The van der Waals surface area contributed by atoms with Crippen molar-refractivity contribution in [3.63, 3.8) is 0 Å². The maximum absolute atomic E-state index is 13.3. The highest BCUT2D eigenvalue weighted by atomic mass is 19.4. The van der Waals surface area contributed by atoms with Crippen LogP contribution >= 0.6 is 0 Å². The summed E-state index contributed by atoms with van der Waals surface area (Å²) in [5.41, 5.74) is 3.89. The molecule has 1 aliphatic carbocycles. The number of aromatic nitrogens is 2. The number of carbonyl (C=O) groups is 1. The molecule has 2 aromatic rings.